The van der Waals surface area contributed by atoms with Crippen LogP contribution in [0, 0.1) is 20.8 Å². The maximum absolute atomic E-state index is 11.3. The van der Waals surface area contributed by atoms with E-state index < -0.39 is 0 Å². The Morgan fingerprint density at radius 3 is 0.833 bits per heavy atom. The molecule has 4 aromatic rings. The molecule has 0 saturated heterocycles. The van der Waals surface area contributed by atoms with E-state index in [0.717, 1.165) is 52.6 Å². The fraction of sp³-hybridized carbons (Fsp3) is 0.412. The Morgan fingerprint density at radius 1 is 0.426 bits per heavy atom. The van der Waals surface area contributed by atoms with E-state index in [1.807, 2.05) is 18.2 Å². The van der Waals surface area contributed by atoms with E-state index in [2.05, 4.69) is 139 Å². The molecule has 288 valence electrons. The van der Waals surface area contributed by atoms with Crippen molar-refractivity contribution in [2.45, 2.75) is 138 Å². The third kappa shape index (κ3) is 9.06. The number of rotatable bonds is 12. The number of phenolic OH excluding ortho intramolecular Hbond substituents is 3. The normalized spacial score (nSPS) is 12.2. The largest absolute Gasteiger partial charge is 0.507 e. The summed E-state index contributed by atoms with van der Waals surface area (Å²) in [6, 6.07) is 13.0. The summed E-state index contributed by atoms with van der Waals surface area (Å²) in [6.07, 6.45) is 9.53. The van der Waals surface area contributed by atoms with E-state index >= 15 is 0 Å². The lowest BCUT2D eigenvalue weighted by molar-refractivity contribution is 0.440. The molecule has 4 rings (SSSR count). The molecule has 4 aromatic carbocycles. The van der Waals surface area contributed by atoms with Gasteiger partial charge in [-0.25, -0.2) is 0 Å². The van der Waals surface area contributed by atoms with Crippen molar-refractivity contribution in [2.75, 3.05) is 0 Å². The fourth-order valence-corrected chi connectivity index (χ4v) is 8.03. The second-order valence-corrected chi connectivity index (χ2v) is 18.5. The standard InChI is InChI=1S/C51H66O3/c1-16-19-37-22-34(28-43(46(37)52)49(7,8)9)25-40-31(4)41(26-35-23-38(20-17-2)47(53)44(29-35)50(10,11)12)33(6)42(32(40)5)27-36-24-39(21-18-3)48(54)45(30-36)51(13,14)15/h16-18,22-24,28-30,52-54H,1-3,19-21,25-27H2,4-15H3. The zero-order chi connectivity index (χ0) is 40.5. The monoisotopic (exact) mass is 727 g/mol. The second kappa shape index (κ2) is 16.1. The third-order valence-electron chi connectivity index (χ3n) is 11.1. The first kappa shape index (κ1) is 42.2. The number of allylic oxidation sites excluding steroid dienone is 3. The molecule has 0 saturated carbocycles. The number of hydrogen-bond donors (Lipinski definition) is 3. The van der Waals surface area contributed by atoms with Crippen molar-refractivity contribution in [3.8, 4) is 17.2 Å². The highest BCUT2D eigenvalue weighted by Gasteiger charge is 2.26. The first-order valence-corrected chi connectivity index (χ1v) is 19.5. The van der Waals surface area contributed by atoms with Gasteiger partial charge in [0.1, 0.15) is 17.2 Å². The molecule has 0 aliphatic carbocycles. The van der Waals surface area contributed by atoms with Gasteiger partial charge in [-0.05, 0) is 159 Å². The van der Waals surface area contributed by atoms with Crippen LogP contribution in [0.4, 0.5) is 0 Å². The van der Waals surface area contributed by atoms with Crippen LogP contribution in [0.15, 0.2) is 74.4 Å². The molecule has 0 spiro atoms. The molecule has 0 radical (unpaired) electrons. The zero-order valence-electron chi connectivity index (χ0n) is 35.4. The first-order chi connectivity index (χ1) is 25.0. The van der Waals surface area contributed by atoms with Gasteiger partial charge in [0.2, 0.25) is 0 Å². The highest BCUT2D eigenvalue weighted by Crippen LogP contribution is 2.41. The first-order valence-electron chi connectivity index (χ1n) is 19.5. The molecular formula is C51H66O3. The van der Waals surface area contributed by atoms with Crippen LogP contribution >= 0.6 is 0 Å². The number of aromatic hydroxyl groups is 3. The van der Waals surface area contributed by atoms with E-state index in [4.69, 9.17) is 0 Å². The Kier molecular flexibility index (Phi) is 12.6. The molecule has 0 aromatic heterocycles. The lowest BCUT2D eigenvalue weighted by Gasteiger charge is -2.27. The van der Waals surface area contributed by atoms with Gasteiger partial charge >= 0.3 is 0 Å². The quantitative estimate of drug-likeness (QED) is 0.127. The minimum Gasteiger partial charge on any atom is -0.507 e. The smallest absolute Gasteiger partial charge is 0.122 e. The van der Waals surface area contributed by atoms with E-state index in [0.29, 0.717) is 36.5 Å². The molecule has 0 atom stereocenters. The highest BCUT2D eigenvalue weighted by molar-refractivity contribution is 5.58. The molecule has 0 bridgehead atoms. The van der Waals surface area contributed by atoms with Crippen molar-refractivity contribution in [1.82, 2.24) is 0 Å². The Morgan fingerprint density at radius 2 is 0.648 bits per heavy atom. The SMILES string of the molecule is C=CCc1cc(Cc2c(C)c(Cc3cc(CC=C)c(O)c(C(C)(C)C)c3)c(C)c(Cc3cc(CC=C)c(O)c(C(C)(C)C)c3)c2C)cc(C(C)(C)C)c1O. The van der Waals surface area contributed by atoms with Crippen LogP contribution in [0.25, 0.3) is 0 Å². The number of phenols is 3. The number of hydrogen-bond acceptors (Lipinski definition) is 3. The van der Waals surface area contributed by atoms with Crippen LogP contribution in [0.2, 0.25) is 0 Å². The maximum atomic E-state index is 11.3. The van der Waals surface area contributed by atoms with Gasteiger partial charge < -0.3 is 15.3 Å². The van der Waals surface area contributed by atoms with Gasteiger partial charge in [0.25, 0.3) is 0 Å². The van der Waals surface area contributed by atoms with Crippen LogP contribution in [0.1, 0.15) is 146 Å². The average Bonchev–Trinajstić information content (AvgIpc) is 3.06. The van der Waals surface area contributed by atoms with Gasteiger partial charge in [-0.1, -0.05) is 117 Å². The van der Waals surface area contributed by atoms with Crippen molar-refractivity contribution in [3.63, 3.8) is 0 Å². The average molecular weight is 727 g/mol. The van der Waals surface area contributed by atoms with Gasteiger partial charge in [-0.3, -0.25) is 0 Å². The molecule has 0 aliphatic rings. The van der Waals surface area contributed by atoms with Crippen LogP contribution in [-0.4, -0.2) is 15.3 Å². The van der Waals surface area contributed by atoms with Crippen molar-refractivity contribution in [2.24, 2.45) is 0 Å². The van der Waals surface area contributed by atoms with E-state index in [9.17, 15) is 15.3 Å². The summed E-state index contributed by atoms with van der Waals surface area (Å²) in [7, 11) is 0. The Bertz CT molecular complexity index is 1810. The van der Waals surface area contributed by atoms with Gasteiger partial charge in [0.05, 0.1) is 0 Å². The van der Waals surface area contributed by atoms with Crippen molar-refractivity contribution < 1.29 is 15.3 Å². The summed E-state index contributed by atoms with van der Waals surface area (Å²) in [5.74, 6) is 1.08. The molecule has 0 amide bonds. The fourth-order valence-electron chi connectivity index (χ4n) is 8.03. The summed E-state index contributed by atoms with van der Waals surface area (Å²) in [4.78, 5) is 0. The van der Waals surface area contributed by atoms with Gasteiger partial charge in [0, 0.05) is 0 Å². The van der Waals surface area contributed by atoms with Crippen LogP contribution < -0.4 is 0 Å². The lowest BCUT2D eigenvalue weighted by atomic mass is 9.78. The molecule has 3 heteroatoms. The van der Waals surface area contributed by atoms with Crippen LogP contribution in [0.3, 0.4) is 0 Å². The Labute approximate surface area is 327 Å². The molecule has 3 N–H and O–H groups in total. The highest BCUT2D eigenvalue weighted by atomic mass is 16.3. The molecule has 0 fully saturated rings. The summed E-state index contributed by atoms with van der Waals surface area (Å²) in [5.41, 5.74) is 16.0. The van der Waals surface area contributed by atoms with Crippen LogP contribution in [-0.2, 0) is 54.8 Å². The van der Waals surface area contributed by atoms with Crippen molar-refractivity contribution in [1.29, 1.82) is 0 Å². The summed E-state index contributed by atoms with van der Waals surface area (Å²) in [6.45, 7) is 38.1. The van der Waals surface area contributed by atoms with E-state index in [1.54, 1.807) is 0 Å². The third-order valence-corrected chi connectivity index (χ3v) is 11.1. The van der Waals surface area contributed by atoms with Gasteiger partial charge in [-0.2, -0.15) is 0 Å². The van der Waals surface area contributed by atoms with E-state index in [1.165, 1.54) is 50.1 Å². The van der Waals surface area contributed by atoms with Gasteiger partial charge in [0.15, 0.2) is 0 Å². The maximum Gasteiger partial charge on any atom is 0.122 e. The lowest BCUT2D eigenvalue weighted by Crippen LogP contribution is -2.15. The van der Waals surface area contributed by atoms with Crippen molar-refractivity contribution >= 4 is 0 Å². The molecule has 0 aliphatic heterocycles. The molecule has 54 heavy (non-hydrogen) atoms. The summed E-state index contributed by atoms with van der Waals surface area (Å²) >= 11 is 0. The molecule has 0 heterocycles. The second-order valence-electron chi connectivity index (χ2n) is 18.5. The minimum absolute atomic E-state index is 0.233. The van der Waals surface area contributed by atoms with Crippen molar-refractivity contribution in [3.05, 3.63) is 158 Å². The predicted octanol–water partition coefficient (Wildman–Crippen LogP) is 12.6. The molecule has 3 nitrogen and oxygen atoms in total. The van der Waals surface area contributed by atoms with Gasteiger partial charge in [-0.15, -0.1) is 19.7 Å². The molecular weight excluding hydrogens is 661 g/mol. The summed E-state index contributed by atoms with van der Waals surface area (Å²) in [5, 5.41) is 34.0. The zero-order valence-corrected chi connectivity index (χ0v) is 35.4. The Balaban J connectivity index is 2.04. The van der Waals surface area contributed by atoms with Crippen LogP contribution in [0.5, 0.6) is 17.2 Å². The minimum atomic E-state index is -0.233. The van der Waals surface area contributed by atoms with E-state index in [-0.39, 0.29) is 16.2 Å². The number of benzene rings is 4. The predicted molar refractivity (Wildman–Crippen MR) is 231 cm³/mol. The molecule has 0 unspecified atom stereocenters. The Hall–Kier alpha value is -4.50. The summed E-state index contributed by atoms with van der Waals surface area (Å²) < 4.78 is 0. The topological polar surface area (TPSA) is 60.7 Å².